The Morgan fingerprint density at radius 1 is 1.47 bits per heavy atom. The second-order valence-corrected chi connectivity index (χ2v) is 6.38. The van der Waals surface area contributed by atoms with E-state index in [1.165, 1.54) is 0 Å². The minimum Gasteiger partial charge on any atom is -0.478 e. The summed E-state index contributed by atoms with van der Waals surface area (Å²) in [6.45, 7) is 4.62. The quantitative estimate of drug-likeness (QED) is 0.675. The summed E-state index contributed by atoms with van der Waals surface area (Å²) in [7, 11) is 0. The summed E-state index contributed by atoms with van der Waals surface area (Å²) >= 11 is 3.47. The fraction of sp³-hybridized carbons (Fsp3) is 0.909. The van der Waals surface area contributed by atoms with Crippen molar-refractivity contribution in [2.45, 2.75) is 49.6 Å². The maximum Gasteiger partial charge on any atom is 0.190 e. The normalized spacial score (nSPS) is 39.7. The number of rotatable bonds is 1. The van der Waals surface area contributed by atoms with E-state index in [4.69, 9.17) is 4.74 Å². The van der Waals surface area contributed by atoms with Gasteiger partial charge < -0.3 is 4.74 Å². The Kier molecular flexibility index (Phi) is 3.06. The second-order valence-electron chi connectivity index (χ2n) is 5.08. The van der Waals surface area contributed by atoms with Crippen LogP contribution in [0, 0.1) is 5.92 Å². The highest BCUT2D eigenvalue weighted by Gasteiger charge is 2.38. The van der Waals surface area contributed by atoms with Crippen LogP contribution in [0.4, 0.5) is 4.39 Å². The lowest BCUT2D eigenvalue weighted by Gasteiger charge is -2.28. The lowest BCUT2D eigenvalue weighted by atomic mass is 9.87. The Morgan fingerprint density at radius 2 is 2.20 bits per heavy atom. The molecule has 15 heavy (non-hydrogen) atoms. The predicted molar refractivity (Wildman–Crippen MR) is 62.4 cm³/mol. The minimum atomic E-state index is -0.809. The third kappa shape index (κ3) is 2.52. The summed E-state index contributed by atoms with van der Waals surface area (Å²) < 4.78 is 19.3. The third-order valence-electron chi connectivity index (χ3n) is 3.01. The van der Waals surface area contributed by atoms with Gasteiger partial charge in [-0.2, -0.15) is 0 Å². The van der Waals surface area contributed by atoms with E-state index in [0.717, 1.165) is 12.8 Å². The summed E-state index contributed by atoms with van der Waals surface area (Å²) in [6.07, 6.45) is 1.61. The molecule has 1 aliphatic heterocycles. The first-order valence-electron chi connectivity index (χ1n) is 5.49. The smallest absolute Gasteiger partial charge is 0.190 e. The molecular formula is C11H17BrFNO. The molecule has 0 N–H and O–H groups in total. The van der Waals surface area contributed by atoms with Crippen molar-refractivity contribution >= 4 is 21.8 Å². The number of halogens is 2. The number of aliphatic imine (C=N–C) groups is 1. The molecule has 0 aromatic rings. The Bertz CT molecular complexity index is 280. The molecule has 2 nitrogen and oxygen atoms in total. The van der Waals surface area contributed by atoms with Crippen LogP contribution in [-0.4, -0.2) is 29.0 Å². The van der Waals surface area contributed by atoms with Gasteiger partial charge in [-0.3, -0.25) is 0 Å². The lowest BCUT2D eigenvalue weighted by Crippen LogP contribution is -2.32. The number of hydrogen-bond acceptors (Lipinski definition) is 2. The van der Waals surface area contributed by atoms with Crippen LogP contribution in [0.25, 0.3) is 0 Å². The lowest BCUT2D eigenvalue weighted by molar-refractivity contribution is 0.184. The van der Waals surface area contributed by atoms with E-state index in [1.807, 2.05) is 13.8 Å². The monoisotopic (exact) mass is 277 g/mol. The SMILES string of the molecule is CC1(C)COC(C2CCC(Br)CC2F)=N1. The van der Waals surface area contributed by atoms with E-state index < -0.39 is 6.17 Å². The van der Waals surface area contributed by atoms with Gasteiger partial charge in [0.15, 0.2) is 5.90 Å². The van der Waals surface area contributed by atoms with Crippen molar-refractivity contribution in [2.75, 3.05) is 6.61 Å². The molecule has 1 heterocycles. The van der Waals surface area contributed by atoms with E-state index in [9.17, 15) is 4.39 Å². The molecule has 0 radical (unpaired) electrons. The maximum absolute atomic E-state index is 13.8. The van der Waals surface area contributed by atoms with Gasteiger partial charge in [-0.05, 0) is 33.1 Å². The van der Waals surface area contributed by atoms with Gasteiger partial charge in [0.1, 0.15) is 12.8 Å². The van der Waals surface area contributed by atoms with Gasteiger partial charge in [0.25, 0.3) is 0 Å². The molecule has 0 aromatic carbocycles. The molecule has 1 saturated carbocycles. The van der Waals surface area contributed by atoms with Crippen LogP contribution in [0.3, 0.4) is 0 Å². The predicted octanol–water partition coefficient (Wildman–Crippen LogP) is 3.10. The number of alkyl halides is 2. The van der Waals surface area contributed by atoms with Crippen molar-refractivity contribution in [1.82, 2.24) is 0 Å². The van der Waals surface area contributed by atoms with Gasteiger partial charge >= 0.3 is 0 Å². The van der Waals surface area contributed by atoms with Crippen LogP contribution in [-0.2, 0) is 4.74 Å². The molecule has 4 heteroatoms. The van der Waals surface area contributed by atoms with Gasteiger partial charge in [0.2, 0.25) is 0 Å². The zero-order valence-electron chi connectivity index (χ0n) is 9.17. The summed E-state index contributed by atoms with van der Waals surface area (Å²) in [5.74, 6) is 0.535. The molecule has 0 bridgehead atoms. The molecule has 0 spiro atoms. The standard InChI is InChI=1S/C11H17BrFNO/c1-11(2)6-15-10(14-11)8-4-3-7(12)5-9(8)13/h7-9H,3-6H2,1-2H3. The average Bonchev–Trinajstić information content (AvgIpc) is 2.46. The van der Waals surface area contributed by atoms with Gasteiger partial charge in [-0.25, -0.2) is 9.38 Å². The first-order chi connectivity index (χ1) is 6.98. The molecule has 1 fully saturated rings. The van der Waals surface area contributed by atoms with Crippen LogP contribution < -0.4 is 0 Å². The third-order valence-corrected chi connectivity index (χ3v) is 3.84. The Balaban J connectivity index is 2.06. The van der Waals surface area contributed by atoms with Crippen LogP contribution in [0.5, 0.6) is 0 Å². The zero-order valence-corrected chi connectivity index (χ0v) is 10.8. The van der Waals surface area contributed by atoms with E-state index in [1.54, 1.807) is 0 Å². The van der Waals surface area contributed by atoms with Crippen molar-refractivity contribution in [2.24, 2.45) is 10.9 Å². The van der Waals surface area contributed by atoms with Crippen LogP contribution in [0.2, 0.25) is 0 Å². The zero-order chi connectivity index (χ0) is 11.1. The van der Waals surface area contributed by atoms with Crippen LogP contribution in [0.1, 0.15) is 33.1 Å². The highest BCUT2D eigenvalue weighted by molar-refractivity contribution is 9.09. The van der Waals surface area contributed by atoms with E-state index in [0.29, 0.717) is 23.8 Å². The fourth-order valence-electron chi connectivity index (χ4n) is 2.15. The van der Waals surface area contributed by atoms with Gasteiger partial charge in [0, 0.05) is 4.83 Å². The van der Waals surface area contributed by atoms with E-state index >= 15 is 0 Å². The minimum absolute atomic E-state index is 0.111. The summed E-state index contributed by atoms with van der Waals surface area (Å²) in [6, 6.07) is 0. The first kappa shape index (κ1) is 11.4. The highest BCUT2D eigenvalue weighted by Crippen LogP contribution is 2.34. The molecular weight excluding hydrogens is 261 g/mol. The molecule has 1 aliphatic carbocycles. The first-order valence-corrected chi connectivity index (χ1v) is 6.40. The molecule has 3 unspecified atom stereocenters. The van der Waals surface area contributed by atoms with Crippen LogP contribution >= 0.6 is 15.9 Å². The van der Waals surface area contributed by atoms with Crippen molar-refractivity contribution in [3.63, 3.8) is 0 Å². The Hall–Kier alpha value is -0.120. The van der Waals surface area contributed by atoms with Gasteiger partial charge in [0.05, 0.1) is 11.5 Å². The molecule has 0 saturated heterocycles. The number of ether oxygens (including phenoxy) is 1. The van der Waals surface area contributed by atoms with Gasteiger partial charge in [-0.1, -0.05) is 15.9 Å². The molecule has 3 atom stereocenters. The van der Waals surface area contributed by atoms with E-state index in [-0.39, 0.29) is 11.5 Å². The Labute approximate surface area is 98.4 Å². The second kappa shape index (κ2) is 4.04. The van der Waals surface area contributed by atoms with Gasteiger partial charge in [-0.15, -0.1) is 0 Å². The average molecular weight is 278 g/mol. The van der Waals surface area contributed by atoms with Crippen molar-refractivity contribution in [1.29, 1.82) is 0 Å². The topological polar surface area (TPSA) is 21.6 Å². The maximum atomic E-state index is 13.8. The van der Waals surface area contributed by atoms with Crippen molar-refractivity contribution < 1.29 is 9.13 Å². The van der Waals surface area contributed by atoms with E-state index in [2.05, 4.69) is 20.9 Å². The molecule has 86 valence electrons. The fourth-order valence-corrected chi connectivity index (χ4v) is 2.77. The highest BCUT2D eigenvalue weighted by atomic mass is 79.9. The summed E-state index contributed by atoms with van der Waals surface area (Å²) in [5.41, 5.74) is -0.166. The van der Waals surface area contributed by atoms with Crippen LogP contribution in [0.15, 0.2) is 4.99 Å². The molecule has 0 amide bonds. The van der Waals surface area contributed by atoms with Crippen molar-refractivity contribution in [3.8, 4) is 0 Å². The molecule has 0 aromatic heterocycles. The Morgan fingerprint density at radius 3 is 2.73 bits per heavy atom. The molecule has 2 rings (SSSR count). The summed E-state index contributed by atoms with van der Waals surface area (Å²) in [4.78, 5) is 4.78. The summed E-state index contributed by atoms with van der Waals surface area (Å²) in [5, 5.41) is 0. The molecule has 2 aliphatic rings. The van der Waals surface area contributed by atoms with Crippen molar-refractivity contribution in [3.05, 3.63) is 0 Å². The number of nitrogens with zero attached hydrogens (tertiary/aromatic N) is 1. The number of hydrogen-bond donors (Lipinski definition) is 0. The largest absolute Gasteiger partial charge is 0.478 e.